The van der Waals surface area contributed by atoms with Gasteiger partial charge in [0.05, 0.1) is 19.1 Å². The number of rotatable bonds is 7. The predicted octanol–water partition coefficient (Wildman–Crippen LogP) is 4.13. The molecule has 0 radical (unpaired) electrons. The Morgan fingerprint density at radius 1 is 1.16 bits per heavy atom. The lowest BCUT2D eigenvalue weighted by atomic mass is 9.80. The number of H-pyrrole nitrogens is 1. The fourth-order valence-corrected chi connectivity index (χ4v) is 6.69. The molecule has 170 valence electrons. The zero-order chi connectivity index (χ0) is 23.3. The topological polar surface area (TPSA) is 84.9 Å². The molecule has 0 saturated heterocycles. The Labute approximate surface area is 197 Å². The van der Waals surface area contributed by atoms with Crippen molar-refractivity contribution in [3.8, 4) is 11.7 Å². The molecular formula is C24H31N4O2S2+. The number of aromatic nitrogens is 3. The zero-order valence-corrected chi connectivity index (χ0v) is 21.2. The third-order valence-corrected chi connectivity index (χ3v) is 8.80. The van der Waals surface area contributed by atoms with Crippen molar-refractivity contribution in [3.63, 3.8) is 0 Å². The van der Waals surface area contributed by atoms with Gasteiger partial charge in [0, 0.05) is 34.8 Å². The van der Waals surface area contributed by atoms with Gasteiger partial charge in [0.25, 0.3) is 0 Å². The summed E-state index contributed by atoms with van der Waals surface area (Å²) in [6.45, 7) is 10.8. The summed E-state index contributed by atoms with van der Waals surface area (Å²) in [5.74, 6) is 3.58. The van der Waals surface area contributed by atoms with Crippen molar-refractivity contribution in [2.75, 3.05) is 19.4 Å². The third kappa shape index (κ3) is 3.62. The molecule has 0 aliphatic heterocycles. The van der Waals surface area contributed by atoms with E-state index in [4.69, 9.17) is 15.5 Å². The summed E-state index contributed by atoms with van der Waals surface area (Å²) in [6.07, 6.45) is 2.00. The number of fused-ring (bicyclic) bond motifs is 2. The molecule has 3 aromatic rings. The first-order valence-electron chi connectivity index (χ1n) is 10.8. The number of nitrogens with two attached hydrogens (primary N) is 1. The Kier molecular flexibility index (Phi) is 6.07. The van der Waals surface area contributed by atoms with Crippen molar-refractivity contribution in [3.05, 3.63) is 46.8 Å². The second kappa shape index (κ2) is 8.39. The Bertz CT molecular complexity index is 1150. The molecule has 0 spiro atoms. The van der Waals surface area contributed by atoms with Crippen LogP contribution >= 0.6 is 21.6 Å². The minimum absolute atomic E-state index is 0.252. The highest BCUT2D eigenvalue weighted by molar-refractivity contribution is 8.76. The van der Waals surface area contributed by atoms with Crippen molar-refractivity contribution in [1.29, 1.82) is 0 Å². The predicted molar refractivity (Wildman–Crippen MR) is 133 cm³/mol. The number of ketones is 1. The molecular weight excluding hydrogens is 440 g/mol. The normalized spacial score (nSPS) is 16.5. The first-order valence-corrected chi connectivity index (χ1v) is 13.2. The molecule has 1 aliphatic rings. The summed E-state index contributed by atoms with van der Waals surface area (Å²) in [4.78, 5) is 21.4. The van der Waals surface area contributed by atoms with E-state index in [1.54, 1.807) is 28.7 Å². The smallest absolute Gasteiger partial charge is 0.402 e. The number of hydrogen-bond donors (Lipinski definition) is 2. The van der Waals surface area contributed by atoms with Crippen LogP contribution in [0.3, 0.4) is 0 Å². The fourth-order valence-electron chi connectivity index (χ4n) is 4.70. The number of imidazole rings is 1. The number of nitrogens with one attached hydrogen (secondary N) is 1. The zero-order valence-electron chi connectivity index (χ0n) is 19.5. The molecule has 0 saturated carbocycles. The first-order chi connectivity index (χ1) is 15.1. The monoisotopic (exact) mass is 471 g/mol. The van der Waals surface area contributed by atoms with E-state index >= 15 is 0 Å². The number of Topliss-reactive ketones (excluding diaryl/α,β-unsaturated/α-hetero) is 1. The molecule has 4 rings (SSSR count). The molecule has 1 aliphatic carbocycles. The summed E-state index contributed by atoms with van der Waals surface area (Å²) < 4.78 is 7.66. The number of benzene rings is 1. The second-order valence-electron chi connectivity index (χ2n) is 9.25. The van der Waals surface area contributed by atoms with E-state index in [2.05, 4.69) is 28.6 Å². The fraction of sp³-hybridized carbons (Fsp3) is 0.458. The Morgan fingerprint density at radius 2 is 1.84 bits per heavy atom. The van der Waals surface area contributed by atoms with E-state index in [1.807, 2.05) is 40.0 Å². The number of hydrogen-bond acceptors (Lipinski definition) is 6. The molecule has 32 heavy (non-hydrogen) atoms. The Morgan fingerprint density at radius 3 is 2.50 bits per heavy atom. The third-order valence-electron chi connectivity index (χ3n) is 6.49. The summed E-state index contributed by atoms with van der Waals surface area (Å²) in [5, 5.41) is 0. The maximum atomic E-state index is 13.0. The SMILES string of the molecule is COc1cc[n+](-c2nc3cc4c(cc3[nH]2)C(C)(C)C(=O)C4(C)C)c(CSSCCN)c1C. The van der Waals surface area contributed by atoms with Crippen LogP contribution in [0, 0.1) is 6.92 Å². The number of pyridine rings is 1. The van der Waals surface area contributed by atoms with Gasteiger partial charge in [-0.05, 0) is 57.9 Å². The molecule has 1 aromatic carbocycles. The van der Waals surface area contributed by atoms with Crippen LogP contribution in [0.1, 0.15) is 50.1 Å². The van der Waals surface area contributed by atoms with Crippen LogP contribution in [0.2, 0.25) is 0 Å². The molecule has 0 fully saturated rings. The molecule has 0 unspecified atom stereocenters. The van der Waals surface area contributed by atoms with E-state index in [-0.39, 0.29) is 5.78 Å². The average Bonchev–Trinajstić information content (AvgIpc) is 3.23. The van der Waals surface area contributed by atoms with Gasteiger partial charge < -0.3 is 10.5 Å². The van der Waals surface area contributed by atoms with Crippen LogP contribution in [0.5, 0.6) is 5.75 Å². The van der Waals surface area contributed by atoms with Crippen molar-refractivity contribution in [2.24, 2.45) is 5.73 Å². The molecule has 0 atom stereocenters. The van der Waals surface area contributed by atoms with E-state index < -0.39 is 10.8 Å². The van der Waals surface area contributed by atoms with Gasteiger partial charge in [-0.1, -0.05) is 26.6 Å². The van der Waals surface area contributed by atoms with Gasteiger partial charge in [-0.3, -0.25) is 4.79 Å². The minimum atomic E-state index is -0.516. The van der Waals surface area contributed by atoms with Gasteiger partial charge in [0.2, 0.25) is 0 Å². The molecule has 6 nitrogen and oxygen atoms in total. The number of ether oxygens (including phenoxy) is 1. The van der Waals surface area contributed by atoms with Crippen LogP contribution in [-0.4, -0.2) is 35.2 Å². The number of carbonyl (C=O) groups is 1. The highest BCUT2D eigenvalue weighted by Crippen LogP contribution is 2.47. The summed E-state index contributed by atoms with van der Waals surface area (Å²) >= 11 is 0. The number of aromatic amines is 1. The number of nitrogens with zero attached hydrogens (tertiary/aromatic N) is 2. The maximum Gasteiger partial charge on any atom is 0.402 e. The summed E-state index contributed by atoms with van der Waals surface area (Å²) in [5.41, 5.74) is 10.8. The van der Waals surface area contributed by atoms with Crippen molar-refractivity contribution in [2.45, 2.75) is 51.2 Å². The Hall–Kier alpha value is -2.03. The minimum Gasteiger partial charge on any atom is -0.496 e. The molecule has 3 N–H and O–H groups in total. The standard InChI is InChI=1S/C24H31N4O2S2/c1-14-19(13-32-31-10-8-25)28(9-7-20(14)30-6)22-26-17-11-15-16(12-18(17)27-22)24(4,5)21(29)23(15,2)3/h7,9,11-12H,8,10,13,25H2,1-6H3,(H,26,27)/q+1. The van der Waals surface area contributed by atoms with Gasteiger partial charge in [-0.15, -0.1) is 0 Å². The van der Waals surface area contributed by atoms with Crippen molar-refractivity contribution < 1.29 is 14.1 Å². The largest absolute Gasteiger partial charge is 0.496 e. The second-order valence-corrected chi connectivity index (χ2v) is 11.8. The lowest BCUT2D eigenvalue weighted by Crippen LogP contribution is -2.37. The van der Waals surface area contributed by atoms with Crippen molar-refractivity contribution in [1.82, 2.24) is 9.97 Å². The van der Waals surface area contributed by atoms with E-state index in [0.717, 1.165) is 56.6 Å². The molecule has 2 heterocycles. The van der Waals surface area contributed by atoms with Crippen LogP contribution in [0.25, 0.3) is 17.0 Å². The quantitative estimate of drug-likeness (QED) is 0.306. The summed E-state index contributed by atoms with van der Waals surface area (Å²) in [6, 6.07) is 6.16. The van der Waals surface area contributed by atoms with Gasteiger partial charge in [0.15, 0.2) is 11.3 Å². The summed E-state index contributed by atoms with van der Waals surface area (Å²) in [7, 11) is 5.24. The van der Waals surface area contributed by atoms with Gasteiger partial charge in [-0.2, -0.15) is 0 Å². The molecule has 2 aromatic heterocycles. The van der Waals surface area contributed by atoms with Crippen LogP contribution in [0.15, 0.2) is 24.4 Å². The number of methoxy groups -OCH3 is 1. The average molecular weight is 472 g/mol. The Balaban J connectivity index is 1.81. The molecule has 0 bridgehead atoms. The van der Waals surface area contributed by atoms with E-state index in [0.29, 0.717) is 6.54 Å². The van der Waals surface area contributed by atoms with Gasteiger partial charge >= 0.3 is 5.95 Å². The maximum absolute atomic E-state index is 13.0. The highest BCUT2D eigenvalue weighted by Gasteiger charge is 2.50. The highest BCUT2D eigenvalue weighted by atomic mass is 33.1. The van der Waals surface area contributed by atoms with E-state index in [9.17, 15) is 4.79 Å². The van der Waals surface area contributed by atoms with Gasteiger partial charge in [0.1, 0.15) is 17.0 Å². The van der Waals surface area contributed by atoms with Crippen LogP contribution < -0.4 is 15.0 Å². The van der Waals surface area contributed by atoms with E-state index in [1.165, 1.54) is 0 Å². The van der Waals surface area contributed by atoms with Gasteiger partial charge in [-0.25, -0.2) is 9.55 Å². The van der Waals surface area contributed by atoms with Crippen molar-refractivity contribution >= 4 is 38.4 Å². The molecule has 8 heteroatoms. The van der Waals surface area contributed by atoms with Crippen LogP contribution in [0.4, 0.5) is 0 Å². The van der Waals surface area contributed by atoms with Crippen LogP contribution in [-0.2, 0) is 21.4 Å². The lowest BCUT2D eigenvalue weighted by molar-refractivity contribution is -0.610. The molecule has 0 amide bonds. The number of carbonyl (C=O) groups excluding carboxylic acids is 1. The first kappa shape index (κ1) is 23.1. The lowest BCUT2D eigenvalue weighted by Gasteiger charge is -2.21.